The number of aromatic amines is 1. The van der Waals surface area contributed by atoms with Crippen molar-refractivity contribution in [2.24, 2.45) is 29.0 Å². The molecule has 0 bridgehead atoms. The first-order valence-electron chi connectivity index (χ1n) is 31.0. The van der Waals surface area contributed by atoms with E-state index < -0.39 is 144 Å². The van der Waals surface area contributed by atoms with Gasteiger partial charge in [-0.15, -0.1) is 11.3 Å². The summed E-state index contributed by atoms with van der Waals surface area (Å²) in [5.41, 5.74) is 19.7. The summed E-state index contributed by atoms with van der Waals surface area (Å²) in [4.78, 5) is 171. The largest absolute Gasteiger partial charge is 0.508 e. The van der Waals surface area contributed by atoms with Gasteiger partial charge in [-0.1, -0.05) is 94.4 Å². The quantitative estimate of drug-likeness (QED) is 0.0256. The van der Waals surface area contributed by atoms with Crippen LogP contribution in [0.2, 0.25) is 0 Å². The van der Waals surface area contributed by atoms with E-state index in [0.29, 0.717) is 45.3 Å². The lowest BCUT2D eigenvalue weighted by molar-refractivity contribution is -0.144. The molecule has 0 aliphatic carbocycles. The van der Waals surface area contributed by atoms with Crippen LogP contribution in [-0.4, -0.2) is 170 Å². The van der Waals surface area contributed by atoms with E-state index in [1.54, 1.807) is 104 Å². The molecule has 1 fully saturated rings. The summed E-state index contributed by atoms with van der Waals surface area (Å²) in [5, 5.41) is 52.9. The van der Waals surface area contributed by atoms with Crippen LogP contribution in [0.4, 0.5) is 0 Å². The number of carboxylic acid groups (broad SMARTS) is 2. The second-order valence-electron chi connectivity index (χ2n) is 24.0. The third kappa shape index (κ3) is 22.0. The molecule has 1 aliphatic rings. The SMILES string of the molecule is CC(C)C[C@H](NC(=O)[C@H](CCCN)NC(=O)[C@@H](N)C(C)C)C(=O)N[C@@H](Cc1ccc(O)cc1)C(=O)N1CCC[C@H]1C(=O)N[C@@H](Cc1c[nH]c2ccccc12)C(=O)N[C@@H](Cc1ccccc1)C(=O)N[C@@H](CC(N)=O)C(=O)N[C@@H](CC(=O)O)C(=O)N[C@@H](Cc1cccs1)C(=O)O. The van der Waals surface area contributed by atoms with Gasteiger partial charge in [-0.05, 0) is 96.8 Å². The molecule has 1 aliphatic heterocycles. The lowest BCUT2D eigenvalue weighted by atomic mass is 9.99. The Hall–Kier alpha value is -9.74. The van der Waals surface area contributed by atoms with E-state index in [2.05, 4.69) is 47.5 Å². The number of aliphatic carboxylic acids is 2. The predicted molar refractivity (Wildman–Crippen MR) is 346 cm³/mol. The van der Waals surface area contributed by atoms with Crippen molar-refractivity contribution in [2.45, 2.75) is 159 Å². The van der Waals surface area contributed by atoms with Crippen molar-refractivity contribution in [3.63, 3.8) is 0 Å². The fraction of sp³-hybridized carbons (Fsp3) is 0.446. The predicted octanol–water partition coefficient (Wildman–Crippen LogP) is 0.278. The fourth-order valence-electron chi connectivity index (χ4n) is 10.8. The molecule has 2 aromatic heterocycles. The monoisotopic (exact) mass is 1320 g/mol. The number of hydrogen-bond acceptors (Lipinski definition) is 16. The third-order valence-electron chi connectivity index (χ3n) is 15.8. The highest BCUT2D eigenvalue weighted by Crippen LogP contribution is 2.24. The van der Waals surface area contributed by atoms with E-state index >= 15 is 9.59 Å². The normalized spacial score (nSPS) is 15.8. The third-order valence-corrected chi connectivity index (χ3v) is 16.7. The lowest BCUT2D eigenvalue weighted by Crippen LogP contribution is -2.61. The number of primary amides is 1. The Morgan fingerprint density at radius 3 is 1.74 bits per heavy atom. The van der Waals surface area contributed by atoms with Gasteiger partial charge in [-0.2, -0.15) is 0 Å². The highest BCUT2D eigenvalue weighted by atomic mass is 32.1. The average molecular weight is 1320 g/mol. The molecule has 0 spiro atoms. The van der Waals surface area contributed by atoms with Crippen LogP contribution in [0.1, 0.15) is 94.2 Å². The van der Waals surface area contributed by atoms with Gasteiger partial charge in [0.05, 0.1) is 18.9 Å². The molecule has 3 heterocycles. The number of H-pyrrole nitrogens is 1. The van der Waals surface area contributed by atoms with Gasteiger partial charge in [0, 0.05) is 54.2 Å². The molecule has 0 radical (unpaired) electrons. The molecule has 3 aromatic carbocycles. The van der Waals surface area contributed by atoms with Crippen LogP contribution in [0.5, 0.6) is 5.75 Å². The molecule has 29 heteroatoms. The Labute approximate surface area is 547 Å². The van der Waals surface area contributed by atoms with E-state index in [1.807, 2.05) is 13.8 Å². The van der Waals surface area contributed by atoms with Gasteiger partial charge in [0.15, 0.2) is 0 Å². The molecule has 94 heavy (non-hydrogen) atoms. The van der Waals surface area contributed by atoms with Crippen molar-refractivity contribution >= 4 is 93.3 Å². The van der Waals surface area contributed by atoms with Crippen molar-refractivity contribution in [3.05, 3.63) is 124 Å². The first-order chi connectivity index (χ1) is 44.7. The van der Waals surface area contributed by atoms with Gasteiger partial charge in [0.2, 0.25) is 59.1 Å². The molecule has 28 nitrogen and oxygen atoms in total. The number of carboxylic acids is 2. The number of nitrogens with two attached hydrogens (primary N) is 3. The average Bonchev–Trinajstić information content (AvgIpc) is 1.67. The second-order valence-corrected chi connectivity index (χ2v) is 25.1. The second kappa shape index (κ2) is 35.3. The molecular weight excluding hydrogens is 1230 g/mol. The van der Waals surface area contributed by atoms with Crippen molar-refractivity contribution < 1.29 is 72.9 Å². The number of phenolic OH excluding ortho intramolecular Hbond substituents is 1. The summed E-state index contributed by atoms with van der Waals surface area (Å²) in [7, 11) is 0. The number of aromatic hydroxyl groups is 1. The summed E-state index contributed by atoms with van der Waals surface area (Å²) < 4.78 is 0. The molecule has 5 aromatic rings. The zero-order chi connectivity index (χ0) is 68.8. The van der Waals surface area contributed by atoms with E-state index in [1.165, 1.54) is 28.4 Å². The first-order valence-corrected chi connectivity index (χ1v) is 31.9. The number of phenols is 1. The number of carbonyl (C=O) groups excluding carboxylic acids is 10. The summed E-state index contributed by atoms with van der Waals surface area (Å²) in [6, 6.07) is 10.2. The number of benzene rings is 3. The number of para-hydroxylation sites is 1. The van der Waals surface area contributed by atoms with Crippen LogP contribution in [0.3, 0.4) is 0 Å². The number of aromatic nitrogens is 1. The molecule has 506 valence electrons. The Morgan fingerprint density at radius 2 is 1.14 bits per heavy atom. The number of likely N-dealkylation sites (tertiary alicyclic amines) is 1. The van der Waals surface area contributed by atoms with Gasteiger partial charge in [-0.3, -0.25) is 52.7 Å². The smallest absolute Gasteiger partial charge is 0.326 e. The number of thiophene rings is 1. The summed E-state index contributed by atoms with van der Waals surface area (Å²) in [5.74, 6) is -12.7. The minimum atomic E-state index is -1.93. The minimum Gasteiger partial charge on any atom is -0.508 e. The Morgan fingerprint density at radius 1 is 0.596 bits per heavy atom. The molecule has 0 unspecified atom stereocenters. The Bertz CT molecular complexity index is 3460. The number of fused-ring (bicyclic) bond motifs is 1. The van der Waals surface area contributed by atoms with Gasteiger partial charge in [0.25, 0.3) is 0 Å². The van der Waals surface area contributed by atoms with Crippen molar-refractivity contribution in [2.75, 3.05) is 13.1 Å². The number of nitrogens with zero attached hydrogens (tertiary/aromatic N) is 1. The number of hydrogen-bond donors (Lipinski definition) is 15. The van der Waals surface area contributed by atoms with E-state index in [0.717, 1.165) is 0 Å². The zero-order valence-corrected chi connectivity index (χ0v) is 53.6. The van der Waals surface area contributed by atoms with Gasteiger partial charge in [-0.25, -0.2) is 4.79 Å². The molecule has 0 saturated carbocycles. The van der Waals surface area contributed by atoms with Crippen molar-refractivity contribution in [1.82, 2.24) is 52.4 Å². The topological polar surface area (TPSA) is 459 Å². The zero-order valence-electron chi connectivity index (χ0n) is 52.8. The van der Waals surface area contributed by atoms with Crippen molar-refractivity contribution in [1.29, 1.82) is 0 Å². The number of amides is 10. The van der Waals surface area contributed by atoms with Gasteiger partial charge in [0.1, 0.15) is 60.1 Å². The van der Waals surface area contributed by atoms with Crippen LogP contribution < -0.4 is 59.7 Å². The van der Waals surface area contributed by atoms with Crippen LogP contribution in [0.25, 0.3) is 10.9 Å². The van der Waals surface area contributed by atoms with Crippen LogP contribution in [-0.2, 0) is 83.2 Å². The first kappa shape index (κ1) is 73.3. The summed E-state index contributed by atoms with van der Waals surface area (Å²) in [6.45, 7) is 7.37. The van der Waals surface area contributed by atoms with Crippen molar-refractivity contribution in [3.8, 4) is 5.75 Å². The summed E-state index contributed by atoms with van der Waals surface area (Å²) in [6.07, 6.45) is -0.179. The Kier molecular flexibility index (Phi) is 27.6. The molecule has 10 atom stereocenters. The molecule has 18 N–H and O–H groups in total. The molecule has 1 saturated heterocycles. The maximum absolute atomic E-state index is 15.2. The van der Waals surface area contributed by atoms with Crippen LogP contribution >= 0.6 is 11.3 Å². The van der Waals surface area contributed by atoms with Gasteiger partial charge >= 0.3 is 11.9 Å². The maximum atomic E-state index is 15.2. The molecular formula is C65H85N13O15S. The number of rotatable bonds is 36. The van der Waals surface area contributed by atoms with Crippen LogP contribution in [0.15, 0.2) is 103 Å². The van der Waals surface area contributed by atoms with E-state index in [-0.39, 0.29) is 75.6 Å². The molecule has 6 rings (SSSR count). The number of carbonyl (C=O) groups is 12. The highest BCUT2D eigenvalue weighted by Gasteiger charge is 2.41. The Balaban J connectivity index is 1.28. The minimum absolute atomic E-state index is 0.0188. The standard InChI is InChI=1S/C65H85N13O15S/c1-35(2)27-45(71-56(83)44(18-10-24-66)70-63(90)55(68)36(3)4)57(84)76-50(29-38-20-22-40(79)23-21-38)64(91)78-25-11-19-52(78)62(89)75-47(30-39-34-69-43-17-9-8-16-42(39)43)59(86)72-46(28-37-13-6-5-7-14-37)58(85)73-48(32-53(67)80)60(87)74-49(33-54(81)82)61(88)77-51(65(92)93)31-41-15-12-26-94-41/h5-9,12-17,20-23,26,34-36,44-52,55,69,79H,10-11,18-19,24-25,27-33,66,68H2,1-4H3,(H2,67,80)(H,70,90)(H,71,83)(H,72,86)(H,73,85)(H,74,87)(H,75,89)(H,76,84)(H,77,88)(H,81,82)(H,92,93)/t44-,45-,46-,47-,48-,49-,50-,51-,52-,55-/m0/s1. The van der Waals surface area contributed by atoms with E-state index in [9.17, 15) is 63.3 Å². The number of nitrogens with one attached hydrogen (secondary N) is 9. The highest BCUT2D eigenvalue weighted by molar-refractivity contribution is 7.09. The maximum Gasteiger partial charge on any atom is 0.326 e. The van der Waals surface area contributed by atoms with Gasteiger partial charge < -0.3 is 84.9 Å². The van der Waals surface area contributed by atoms with Crippen LogP contribution in [0, 0.1) is 11.8 Å². The van der Waals surface area contributed by atoms with E-state index in [4.69, 9.17) is 17.2 Å². The lowest BCUT2D eigenvalue weighted by Gasteiger charge is -2.31. The molecule has 10 amide bonds. The summed E-state index contributed by atoms with van der Waals surface area (Å²) >= 11 is 1.21. The fourth-order valence-corrected chi connectivity index (χ4v) is 11.5.